The molecule has 1 unspecified atom stereocenters. The Morgan fingerprint density at radius 2 is 2.47 bits per heavy atom. The predicted octanol–water partition coefficient (Wildman–Crippen LogP) is 0.876. The van der Waals surface area contributed by atoms with Gasteiger partial charge in [-0.2, -0.15) is 0 Å². The summed E-state index contributed by atoms with van der Waals surface area (Å²) in [5, 5.41) is 0. The van der Waals surface area contributed by atoms with Crippen LogP contribution in [-0.2, 0) is 16.0 Å². The van der Waals surface area contributed by atoms with Gasteiger partial charge in [-0.1, -0.05) is 6.07 Å². The van der Waals surface area contributed by atoms with Crippen molar-refractivity contribution in [1.29, 1.82) is 0 Å². The minimum atomic E-state index is -0.413. The topological polar surface area (TPSA) is 74.4 Å². The van der Waals surface area contributed by atoms with Gasteiger partial charge in [0.25, 0.3) is 0 Å². The highest BCUT2D eigenvalue weighted by Crippen LogP contribution is 2.12. The second-order valence-electron chi connectivity index (χ2n) is 3.99. The zero-order valence-corrected chi connectivity index (χ0v) is 9.59. The first-order valence-corrected chi connectivity index (χ1v) is 5.73. The van der Waals surface area contributed by atoms with Crippen molar-refractivity contribution in [3.05, 3.63) is 29.6 Å². The van der Waals surface area contributed by atoms with Crippen LogP contribution in [0.15, 0.2) is 18.3 Å². The molecule has 2 heterocycles. The van der Waals surface area contributed by atoms with Gasteiger partial charge >= 0.3 is 5.97 Å². The van der Waals surface area contributed by atoms with Gasteiger partial charge in [0, 0.05) is 19.3 Å². The Morgan fingerprint density at radius 1 is 1.59 bits per heavy atom. The van der Waals surface area contributed by atoms with Crippen LogP contribution in [0.25, 0.3) is 0 Å². The molecule has 1 saturated heterocycles. The molecule has 1 fully saturated rings. The lowest BCUT2D eigenvalue weighted by Crippen LogP contribution is -2.18. The standard InChI is InChI=1S/C12H16N2O3/c13-6-9-3-4-11(14-7-9)12(15)17-8-10-2-1-5-16-10/h3-4,7,10H,1-2,5-6,8,13H2. The number of aromatic nitrogens is 1. The summed E-state index contributed by atoms with van der Waals surface area (Å²) < 4.78 is 10.5. The van der Waals surface area contributed by atoms with Gasteiger partial charge in [-0.05, 0) is 24.5 Å². The Balaban J connectivity index is 1.85. The number of pyridine rings is 1. The van der Waals surface area contributed by atoms with Crippen molar-refractivity contribution >= 4 is 5.97 Å². The molecule has 0 saturated carbocycles. The smallest absolute Gasteiger partial charge is 0.357 e. The van der Waals surface area contributed by atoms with Gasteiger partial charge in [-0.25, -0.2) is 9.78 Å². The highest BCUT2D eigenvalue weighted by Gasteiger charge is 2.18. The molecular formula is C12H16N2O3. The molecule has 1 aliphatic rings. The molecule has 0 spiro atoms. The maximum absolute atomic E-state index is 11.6. The first-order valence-electron chi connectivity index (χ1n) is 5.73. The van der Waals surface area contributed by atoms with Crippen LogP contribution in [0.4, 0.5) is 0 Å². The zero-order valence-electron chi connectivity index (χ0n) is 9.59. The molecule has 0 bridgehead atoms. The highest BCUT2D eigenvalue weighted by atomic mass is 16.6. The second-order valence-corrected chi connectivity index (χ2v) is 3.99. The van der Waals surface area contributed by atoms with E-state index in [1.54, 1.807) is 18.3 Å². The molecule has 5 heteroatoms. The van der Waals surface area contributed by atoms with Crippen LogP contribution >= 0.6 is 0 Å². The van der Waals surface area contributed by atoms with Gasteiger partial charge in [0.15, 0.2) is 0 Å². The number of ether oxygens (including phenoxy) is 2. The highest BCUT2D eigenvalue weighted by molar-refractivity contribution is 5.87. The number of rotatable bonds is 4. The van der Waals surface area contributed by atoms with Crippen LogP contribution in [0.5, 0.6) is 0 Å². The molecule has 1 atom stereocenters. The van der Waals surface area contributed by atoms with E-state index in [0.717, 1.165) is 25.0 Å². The molecule has 0 aromatic carbocycles. The van der Waals surface area contributed by atoms with Crippen molar-refractivity contribution < 1.29 is 14.3 Å². The molecule has 17 heavy (non-hydrogen) atoms. The summed E-state index contributed by atoms with van der Waals surface area (Å²) in [5.74, 6) is -0.413. The van der Waals surface area contributed by atoms with E-state index in [1.807, 2.05) is 0 Å². The van der Waals surface area contributed by atoms with E-state index in [2.05, 4.69) is 4.98 Å². The number of nitrogens with two attached hydrogens (primary N) is 1. The largest absolute Gasteiger partial charge is 0.458 e. The summed E-state index contributed by atoms with van der Waals surface area (Å²) in [7, 11) is 0. The third-order valence-corrected chi connectivity index (χ3v) is 2.69. The molecule has 2 N–H and O–H groups in total. The molecule has 2 rings (SSSR count). The van der Waals surface area contributed by atoms with Crippen LogP contribution in [0.3, 0.4) is 0 Å². The lowest BCUT2D eigenvalue weighted by molar-refractivity contribution is 0.0156. The van der Waals surface area contributed by atoms with Gasteiger partial charge < -0.3 is 15.2 Å². The molecule has 0 aliphatic carbocycles. The van der Waals surface area contributed by atoms with Crippen LogP contribution < -0.4 is 5.73 Å². The SMILES string of the molecule is NCc1ccc(C(=O)OCC2CCCO2)nc1. The lowest BCUT2D eigenvalue weighted by atomic mass is 10.2. The van der Waals surface area contributed by atoms with Crippen molar-refractivity contribution in [3.63, 3.8) is 0 Å². The number of nitrogens with zero attached hydrogens (tertiary/aromatic N) is 1. The molecule has 92 valence electrons. The fraction of sp³-hybridized carbons (Fsp3) is 0.500. The second kappa shape index (κ2) is 5.75. The summed E-state index contributed by atoms with van der Waals surface area (Å²) in [6.45, 7) is 1.48. The zero-order chi connectivity index (χ0) is 12.1. The summed E-state index contributed by atoms with van der Waals surface area (Å²) >= 11 is 0. The van der Waals surface area contributed by atoms with E-state index in [4.69, 9.17) is 15.2 Å². The maximum Gasteiger partial charge on any atom is 0.357 e. The van der Waals surface area contributed by atoms with Crippen molar-refractivity contribution in [2.75, 3.05) is 13.2 Å². The van der Waals surface area contributed by atoms with E-state index >= 15 is 0 Å². The fourth-order valence-electron chi connectivity index (χ4n) is 1.68. The maximum atomic E-state index is 11.6. The van der Waals surface area contributed by atoms with Crippen LogP contribution in [0.1, 0.15) is 28.9 Å². The Bertz CT molecular complexity index is 372. The third-order valence-electron chi connectivity index (χ3n) is 2.69. The predicted molar refractivity (Wildman–Crippen MR) is 61.4 cm³/mol. The van der Waals surface area contributed by atoms with Crippen LogP contribution in [-0.4, -0.2) is 30.3 Å². The average Bonchev–Trinajstić information content (AvgIpc) is 2.89. The number of carbonyl (C=O) groups excluding carboxylic acids is 1. The van der Waals surface area contributed by atoms with Crippen molar-refractivity contribution in [2.24, 2.45) is 5.73 Å². The minimum absolute atomic E-state index is 0.0438. The Kier molecular flexibility index (Phi) is 4.06. The Morgan fingerprint density at radius 3 is 3.06 bits per heavy atom. The first kappa shape index (κ1) is 12.0. The fourth-order valence-corrected chi connectivity index (χ4v) is 1.68. The first-order chi connectivity index (χ1) is 8.29. The van der Waals surface area contributed by atoms with Crippen LogP contribution in [0, 0.1) is 0 Å². The van der Waals surface area contributed by atoms with Gasteiger partial charge in [0.2, 0.25) is 0 Å². The van der Waals surface area contributed by atoms with Gasteiger partial charge in [0.1, 0.15) is 12.3 Å². The van der Waals surface area contributed by atoms with Crippen molar-refractivity contribution in [1.82, 2.24) is 4.98 Å². The Labute approximate surface area is 99.9 Å². The number of esters is 1. The van der Waals surface area contributed by atoms with E-state index in [9.17, 15) is 4.79 Å². The summed E-state index contributed by atoms with van der Waals surface area (Å²) in [6, 6.07) is 3.40. The molecule has 1 aromatic rings. The Hall–Kier alpha value is -1.46. The van der Waals surface area contributed by atoms with E-state index < -0.39 is 5.97 Å². The van der Waals surface area contributed by atoms with Gasteiger partial charge in [0.05, 0.1) is 6.10 Å². The number of hydrogen-bond acceptors (Lipinski definition) is 5. The molecular weight excluding hydrogens is 220 g/mol. The molecule has 5 nitrogen and oxygen atoms in total. The normalized spacial score (nSPS) is 19.2. The van der Waals surface area contributed by atoms with E-state index in [0.29, 0.717) is 18.8 Å². The molecule has 0 amide bonds. The van der Waals surface area contributed by atoms with E-state index in [1.165, 1.54) is 0 Å². The minimum Gasteiger partial charge on any atom is -0.458 e. The monoisotopic (exact) mass is 236 g/mol. The van der Waals surface area contributed by atoms with E-state index in [-0.39, 0.29) is 6.10 Å². The molecule has 0 radical (unpaired) electrons. The molecule has 1 aliphatic heterocycles. The van der Waals surface area contributed by atoms with Crippen LogP contribution in [0.2, 0.25) is 0 Å². The lowest BCUT2D eigenvalue weighted by Gasteiger charge is -2.09. The van der Waals surface area contributed by atoms with Crippen molar-refractivity contribution in [2.45, 2.75) is 25.5 Å². The summed E-state index contributed by atoms with van der Waals surface area (Å²) in [4.78, 5) is 15.6. The summed E-state index contributed by atoms with van der Waals surface area (Å²) in [6.07, 6.45) is 3.61. The number of carbonyl (C=O) groups is 1. The third kappa shape index (κ3) is 3.25. The molecule has 1 aromatic heterocycles. The summed E-state index contributed by atoms with van der Waals surface area (Å²) in [5.41, 5.74) is 6.64. The van der Waals surface area contributed by atoms with Gasteiger partial charge in [-0.15, -0.1) is 0 Å². The quantitative estimate of drug-likeness (QED) is 0.785. The van der Waals surface area contributed by atoms with Crippen molar-refractivity contribution in [3.8, 4) is 0 Å². The average molecular weight is 236 g/mol. The van der Waals surface area contributed by atoms with Gasteiger partial charge in [-0.3, -0.25) is 0 Å². The number of hydrogen-bond donors (Lipinski definition) is 1.